The number of hydrogen-bond acceptors (Lipinski definition) is 3. The maximum absolute atomic E-state index is 12.7. The third-order valence-electron chi connectivity index (χ3n) is 1.64. The average molecular weight is 220 g/mol. The fourth-order valence-electron chi connectivity index (χ4n) is 0.977. The van der Waals surface area contributed by atoms with Crippen molar-refractivity contribution in [1.82, 2.24) is 0 Å². The summed E-state index contributed by atoms with van der Waals surface area (Å²) in [5.74, 6) is -1.79. The molecular formula is C8H10F2O3Si. The Balaban J connectivity index is 2.47. The highest BCUT2D eigenvalue weighted by Crippen LogP contribution is 2.08. The minimum absolute atomic E-state index is 0.425. The first-order valence-corrected chi connectivity index (χ1v) is 5.59. The molecule has 78 valence electrons. The van der Waals surface area contributed by atoms with Crippen LogP contribution in [0.1, 0.15) is 5.56 Å². The second-order valence-corrected chi connectivity index (χ2v) is 3.94. The summed E-state index contributed by atoms with van der Waals surface area (Å²) in [6.45, 7) is -1.77. The molecule has 0 aromatic heterocycles. The van der Waals surface area contributed by atoms with Crippen molar-refractivity contribution in [2.75, 3.05) is 0 Å². The lowest BCUT2D eigenvalue weighted by Gasteiger charge is -2.05. The van der Waals surface area contributed by atoms with Gasteiger partial charge in [-0.2, -0.15) is 0 Å². The summed E-state index contributed by atoms with van der Waals surface area (Å²) in [6.07, 6.45) is 0. The van der Waals surface area contributed by atoms with Crippen molar-refractivity contribution in [2.24, 2.45) is 0 Å². The second kappa shape index (κ2) is 5.16. The average Bonchev–Trinajstić information content (AvgIpc) is 2.10. The zero-order valence-electron chi connectivity index (χ0n) is 7.28. The fraction of sp³-hybridized carbons (Fsp3) is 0.250. The molecule has 3 nitrogen and oxygen atoms in total. The number of aliphatic hydroxyl groups is 2. The summed E-state index contributed by atoms with van der Waals surface area (Å²) in [7, 11) is -1.15. The summed E-state index contributed by atoms with van der Waals surface area (Å²) >= 11 is 0. The van der Waals surface area contributed by atoms with Crippen LogP contribution in [0.5, 0.6) is 0 Å². The van der Waals surface area contributed by atoms with Crippen LogP contribution in [0.25, 0.3) is 0 Å². The zero-order chi connectivity index (χ0) is 10.6. The van der Waals surface area contributed by atoms with E-state index in [1.165, 1.54) is 6.07 Å². The summed E-state index contributed by atoms with van der Waals surface area (Å²) in [6, 6.07) is 3.98. The molecule has 0 unspecified atom stereocenters. The van der Waals surface area contributed by atoms with Gasteiger partial charge in [-0.1, -0.05) is 6.07 Å². The molecule has 0 amide bonds. The number of hydrogen-bond donors (Lipinski definition) is 2. The summed E-state index contributed by atoms with van der Waals surface area (Å²) in [5.41, 5.74) is 0.594. The van der Waals surface area contributed by atoms with Gasteiger partial charge < -0.3 is 14.6 Å². The lowest BCUT2D eigenvalue weighted by molar-refractivity contribution is -0.180. The third-order valence-corrected chi connectivity index (χ3v) is 2.96. The molecule has 14 heavy (non-hydrogen) atoms. The predicted octanol–water partition coefficient (Wildman–Crippen LogP) is -0.167. The van der Waals surface area contributed by atoms with E-state index in [-0.39, 0.29) is 0 Å². The standard InChI is InChI=1S/C8H10F2O3Si/c9-6-2-1-5(3-7(6)10)4-14-13-8(11)12/h1-3,8,11-12H,4,14H2. The molecule has 1 rings (SSSR count). The Kier molecular flexibility index (Phi) is 4.14. The maximum atomic E-state index is 12.7. The van der Waals surface area contributed by atoms with Gasteiger partial charge in [0.25, 0.3) is 6.48 Å². The van der Waals surface area contributed by atoms with Gasteiger partial charge in [0.15, 0.2) is 21.4 Å². The van der Waals surface area contributed by atoms with E-state index in [2.05, 4.69) is 4.43 Å². The summed E-state index contributed by atoms with van der Waals surface area (Å²) in [5, 5.41) is 16.7. The second-order valence-electron chi connectivity index (χ2n) is 2.70. The van der Waals surface area contributed by atoms with Crippen LogP contribution in [0.4, 0.5) is 8.78 Å². The van der Waals surface area contributed by atoms with Gasteiger partial charge in [-0.15, -0.1) is 0 Å². The van der Waals surface area contributed by atoms with E-state index in [0.717, 1.165) is 12.1 Å². The molecule has 0 aliphatic carbocycles. The predicted molar refractivity (Wildman–Crippen MR) is 47.9 cm³/mol. The van der Waals surface area contributed by atoms with Crippen molar-refractivity contribution < 1.29 is 23.4 Å². The Labute approximate surface area is 81.9 Å². The molecule has 0 aliphatic heterocycles. The minimum Gasteiger partial charge on any atom is -0.379 e. The minimum atomic E-state index is -1.77. The first kappa shape index (κ1) is 11.3. The SMILES string of the molecule is OC(O)O[SiH2]Cc1ccc(F)c(F)c1. The third kappa shape index (κ3) is 3.50. The lowest BCUT2D eigenvalue weighted by Crippen LogP contribution is -2.15. The van der Waals surface area contributed by atoms with Gasteiger partial charge in [0.05, 0.1) is 0 Å². The van der Waals surface area contributed by atoms with Crippen LogP contribution in [-0.4, -0.2) is 26.5 Å². The molecule has 0 bridgehead atoms. The van der Waals surface area contributed by atoms with E-state index in [9.17, 15) is 8.78 Å². The van der Waals surface area contributed by atoms with Crippen LogP contribution in [0, 0.1) is 11.6 Å². The summed E-state index contributed by atoms with van der Waals surface area (Å²) in [4.78, 5) is 0. The smallest absolute Gasteiger partial charge is 0.256 e. The van der Waals surface area contributed by atoms with Crippen molar-refractivity contribution in [3.05, 3.63) is 35.4 Å². The summed E-state index contributed by atoms with van der Waals surface area (Å²) < 4.78 is 29.7. The van der Waals surface area contributed by atoms with Gasteiger partial charge >= 0.3 is 0 Å². The van der Waals surface area contributed by atoms with E-state index in [0.29, 0.717) is 11.6 Å². The van der Waals surface area contributed by atoms with Crippen LogP contribution in [0.3, 0.4) is 0 Å². The van der Waals surface area contributed by atoms with Gasteiger partial charge in [0, 0.05) is 0 Å². The number of halogens is 2. The molecule has 6 heteroatoms. The van der Waals surface area contributed by atoms with Crippen LogP contribution in [0.2, 0.25) is 0 Å². The largest absolute Gasteiger partial charge is 0.379 e. The van der Waals surface area contributed by atoms with E-state index < -0.39 is 27.9 Å². The van der Waals surface area contributed by atoms with Crippen molar-refractivity contribution in [3.8, 4) is 0 Å². The molecule has 2 N–H and O–H groups in total. The fourth-order valence-corrected chi connectivity index (χ4v) is 1.85. The van der Waals surface area contributed by atoms with Gasteiger partial charge in [0.2, 0.25) is 0 Å². The van der Waals surface area contributed by atoms with Crippen molar-refractivity contribution in [1.29, 1.82) is 0 Å². The molecule has 0 spiro atoms. The Morgan fingerprint density at radius 1 is 1.29 bits per heavy atom. The molecule has 1 aromatic rings. The molecule has 0 fully saturated rings. The van der Waals surface area contributed by atoms with Crippen molar-refractivity contribution >= 4 is 9.76 Å². The molecule has 1 aromatic carbocycles. The number of benzene rings is 1. The first-order chi connectivity index (χ1) is 6.59. The number of rotatable bonds is 4. The quantitative estimate of drug-likeness (QED) is 0.547. The number of aliphatic hydroxyl groups excluding tert-OH is 1. The van der Waals surface area contributed by atoms with E-state index >= 15 is 0 Å². The van der Waals surface area contributed by atoms with E-state index in [1.807, 2.05) is 0 Å². The Morgan fingerprint density at radius 3 is 2.57 bits per heavy atom. The van der Waals surface area contributed by atoms with Gasteiger partial charge in [0.1, 0.15) is 0 Å². The highest BCUT2D eigenvalue weighted by atomic mass is 28.2. The van der Waals surface area contributed by atoms with Crippen molar-refractivity contribution in [2.45, 2.75) is 12.5 Å². The van der Waals surface area contributed by atoms with Crippen molar-refractivity contribution in [3.63, 3.8) is 0 Å². The molecule has 0 aliphatic rings. The van der Waals surface area contributed by atoms with Crippen LogP contribution in [-0.2, 0) is 10.5 Å². The monoisotopic (exact) mass is 220 g/mol. The normalized spacial score (nSPS) is 11.8. The van der Waals surface area contributed by atoms with Crippen LogP contribution in [0.15, 0.2) is 18.2 Å². The molecule has 0 saturated carbocycles. The topological polar surface area (TPSA) is 49.7 Å². The van der Waals surface area contributed by atoms with Crippen LogP contribution < -0.4 is 0 Å². The van der Waals surface area contributed by atoms with Gasteiger partial charge in [-0.05, 0) is 23.7 Å². The van der Waals surface area contributed by atoms with Gasteiger partial charge in [-0.25, -0.2) is 8.78 Å². The van der Waals surface area contributed by atoms with Gasteiger partial charge in [-0.3, -0.25) is 0 Å². The molecule has 0 saturated heterocycles. The Morgan fingerprint density at radius 2 is 2.00 bits per heavy atom. The Bertz CT molecular complexity index is 307. The zero-order valence-corrected chi connectivity index (χ0v) is 8.70. The van der Waals surface area contributed by atoms with E-state index in [4.69, 9.17) is 10.2 Å². The van der Waals surface area contributed by atoms with Crippen LogP contribution >= 0.6 is 0 Å². The maximum Gasteiger partial charge on any atom is 0.256 e. The van der Waals surface area contributed by atoms with E-state index in [1.54, 1.807) is 0 Å². The lowest BCUT2D eigenvalue weighted by atomic mass is 10.2. The Hall–Kier alpha value is -0.823. The highest BCUT2D eigenvalue weighted by Gasteiger charge is 2.03. The highest BCUT2D eigenvalue weighted by molar-refractivity contribution is 6.26. The molecule has 0 atom stereocenters. The molecule has 0 heterocycles. The molecular weight excluding hydrogens is 210 g/mol. The first-order valence-electron chi connectivity index (χ1n) is 4.01. The molecule has 0 radical (unpaired) electrons.